The van der Waals surface area contributed by atoms with Gasteiger partial charge in [0, 0.05) is 0 Å². The summed E-state index contributed by atoms with van der Waals surface area (Å²) in [5.41, 5.74) is 0. The van der Waals surface area contributed by atoms with Crippen LogP contribution < -0.4 is 5.32 Å². The number of carbonyl (C=O) groups is 2. The Bertz CT molecular complexity index is 94.5. The predicted molar refractivity (Wildman–Crippen MR) is 29.9 cm³/mol. The lowest BCUT2D eigenvalue weighted by Gasteiger charge is -1.93. The first-order valence-electron chi connectivity index (χ1n) is 1.88. The molecule has 0 fully saturated rings. The molecular weight excluding hydrogens is 129 g/mol. The molecule has 0 rings (SSSR count). The minimum atomic E-state index is -0.484. The highest BCUT2D eigenvalue weighted by atomic mass is 31.0. The van der Waals surface area contributed by atoms with Gasteiger partial charge in [-0.2, -0.15) is 0 Å². The quantitative estimate of drug-likeness (QED) is 0.401. The minimum absolute atomic E-state index is 0.0764. The number of carbonyl (C=O) groups excluding carboxylic acids is 2. The Morgan fingerprint density at radius 3 is 2.88 bits per heavy atom. The summed E-state index contributed by atoms with van der Waals surface area (Å²) < 4.78 is 4.11. The SMILES string of the molecule is O=CNCC(=O)OP. The van der Waals surface area contributed by atoms with Crippen LogP contribution in [0.5, 0.6) is 0 Å². The van der Waals surface area contributed by atoms with Gasteiger partial charge in [-0.25, -0.2) is 4.79 Å². The van der Waals surface area contributed by atoms with Crippen LogP contribution in [-0.2, 0) is 14.1 Å². The van der Waals surface area contributed by atoms with E-state index in [-0.39, 0.29) is 6.54 Å². The van der Waals surface area contributed by atoms with E-state index in [4.69, 9.17) is 0 Å². The van der Waals surface area contributed by atoms with Crippen molar-refractivity contribution in [3.63, 3.8) is 0 Å². The van der Waals surface area contributed by atoms with Crippen molar-refractivity contribution in [3.8, 4) is 0 Å². The zero-order chi connectivity index (χ0) is 6.41. The molecule has 4 nitrogen and oxygen atoms in total. The first kappa shape index (κ1) is 7.37. The van der Waals surface area contributed by atoms with E-state index >= 15 is 0 Å². The molecule has 0 aliphatic rings. The molecule has 5 heteroatoms. The lowest BCUT2D eigenvalue weighted by atomic mass is 10.7. The molecule has 0 saturated heterocycles. The van der Waals surface area contributed by atoms with E-state index in [0.717, 1.165) is 0 Å². The maximum absolute atomic E-state index is 10.1. The summed E-state index contributed by atoms with van der Waals surface area (Å²) >= 11 is 0. The van der Waals surface area contributed by atoms with Crippen LogP contribution in [0.1, 0.15) is 0 Å². The Labute approximate surface area is 48.9 Å². The van der Waals surface area contributed by atoms with Crippen LogP contribution in [0.2, 0.25) is 0 Å². The number of hydrogen-bond acceptors (Lipinski definition) is 3. The van der Waals surface area contributed by atoms with E-state index in [1.807, 2.05) is 0 Å². The van der Waals surface area contributed by atoms with Crippen molar-refractivity contribution in [2.45, 2.75) is 0 Å². The van der Waals surface area contributed by atoms with Crippen molar-refractivity contribution in [1.29, 1.82) is 0 Å². The van der Waals surface area contributed by atoms with E-state index in [9.17, 15) is 9.59 Å². The van der Waals surface area contributed by atoms with Crippen molar-refractivity contribution in [3.05, 3.63) is 0 Å². The molecule has 0 spiro atoms. The maximum atomic E-state index is 10.1. The zero-order valence-corrected chi connectivity index (χ0v) is 5.24. The molecule has 46 valence electrons. The van der Waals surface area contributed by atoms with Gasteiger partial charge in [-0.05, 0) is 0 Å². The van der Waals surface area contributed by atoms with Gasteiger partial charge in [-0.3, -0.25) is 4.79 Å². The fourth-order valence-corrected chi connectivity index (χ4v) is 0.250. The Hall–Kier alpha value is -0.630. The van der Waals surface area contributed by atoms with Gasteiger partial charge in [0.05, 0.1) is 9.47 Å². The fraction of sp³-hybridized carbons (Fsp3) is 0.333. The molecule has 0 bridgehead atoms. The van der Waals surface area contributed by atoms with Gasteiger partial charge in [0.15, 0.2) is 0 Å². The van der Waals surface area contributed by atoms with Crippen molar-refractivity contribution in [2.24, 2.45) is 0 Å². The van der Waals surface area contributed by atoms with Crippen molar-refractivity contribution >= 4 is 21.8 Å². The number of hydrogen-bond donors (Lipinski definition) is 1. The summed E-state index contributed by atoms with van der Waals surface area (Å²) in [5.74, 6) is -0.484. The fourth-order valence-electron chi connectivity index (χ4n) is 0.167. The molecule has 0 saturated carbocycles. The molecule has 1 amide bonds. The zero-order valence-electron chi connectivity index (χ0n) is 4.09. The molecule has 8 heavy (non-hydrogen) atoms. The molecular formula is C3H6NO3P. The third-order valence-corrected chi connectivity index (χ3v) is 0.724. The summed E-state index contributed by atoms with van der Waals surface area (Å²) in [6, 6.07) is 0. The van der Waals surface area contributed by atoms with E-state index in [1.165, 1.54) is 0 Å². The van der Waals surface area contributed by atoms with Gasteiger partial charge >= 0.3 is 5.97 Å². The molecule has 0 aromatic heterocycles. The van der Waals surface area contributed by atoms with E-state index in [0.29, 0.717) is 6.41 Å². The smallest absolute Gasteiger partial charge is 0.327 e. The van der Waals surface area contributed by atoms with Gasteiger partial charge in [0.1, 0.15) is 6.54 Å². The molecule has 0 aliphatic heterocycles. The predicted octanol–water partition coefficient (Wildman–Crippen LogP) is -0.934. The highest BCUT2D eigenvalue weighted by Gasteiger charge is 1.94. The summed E-state index contributed by atoms with van der Waals surface area (Å²) in [6.07, 6.45) is 0.432. The summed E-state index contributed by atoms with van der Waals surface area (Å²) in [7, 11) is 1.78. The molecule has 0 aromatic rings. The Kier molecular flexibility index (Phi) is 4.17. The molecule has 1 atom stereocenters. The van der Waals surface area contributed by atoms with Crippen LogP contribution >= 0.6 is 9.47 Å². The van der Waals surface area contributed by atoms with E-state index in [2.05, 4.69) is 9.84 Å². The number of nitrogens with one attached hydrogen (secondary N) is 1. The Balaban J connectivity index is 3.11. The summed E-state index contributed by atoms with van der Waals surface area (Å²) in [6.45, 7) is -0.0764. The first-order chi connectivity index (χ1) is 3.81. The second kappa shape index (κ2) is 4.53. The summed E-state index contributed by atoms with van der Waals surface area (Å²) in [5, 5.41) is 2.13. The van der Waals surface area contributed by atoms with Crippen LogP contribution in [0, 0.1) is 0 Å². The second-order valence-corrected chi connectivity index (χ2v) is 1.22. The second-order valence-electron chi connectivity index (χ2n) is 0.989. The third-order valence-electron chi connectivity index (χ3n) is 0.461. The largest absolute Gasteiger partial charge is 0.450 e. The van der Waals surface area contributed by atoms with E-state index < -0.39 is 5.97 Å². The number of rotatable bonds is 3. The van der Waals surface area contributed by atoms with E-state index in [1.54, 1.807) is 9.47 Å². The van der Waals surface area contributed by atoms with Crippen LogP contribution in [0.4, 0.5) is 0 Å². The van der Waals surface area contributed by atoms with Crippen LogP contribution in [0.15, 0.2) is 0 Å². The van der Waals surface area contributed by atoms with Crippen molar-refractivity contribution in [2.75, 3.05) is 6.54 Å². The molecule has 1 N–H and O–H groups in total. The monoisotopic (exact) mass is 135 g/mol. The van der Waals surface area contributed by atoms with Crippen LogP contribution in [0.25, 0.3) is 0 Å². The molecule has 0 aliphatic carbocycles. The average molecular weight is 135 g/mol. The molecule has 1 unspecified atom stereocenters. The van der Waals surface area contributed by atoms with Gasteiger partial charge in [0.2, 0.25) is 6.41 Å². The Morgan fingerprint density at radius 1 is 1.88 bits per heavy atom. The summed E-state index contributed by atoms with van der Waals surface area (Å²) in [4.78, 5) is 19.6. The molecule has 0 aromatic carbocycles. The lowest BCUT2D eigenvalue weighted by molar-refractivity contribution is -0.133. The highest BCUT2D eigenvalue weighted by molar-refractivity contribution is 7.10. The molecule has 0 heterocycles. The Morgan fingerprint density at radius 2 is 2.50 bits per heavy atom. The van der Waals surface area contributed by atoms with Gasteiger partial charge in [-0.1, -0.05) is 0 Å². The standard InChI is InChI=1S/C3H6NO3P/c5-2-4-1-3(6)7-8/h2H,1,8H2,(H,4,5). The van der Waals surface area contributed by atoms with Gasteiger partial charge in [-0.15, -0.1) is 0 Å². The maximum Gasteiger partial charge on any atom is 0.327 e. The normalized spacial score (nSPS) is 7.62. The topological polar surface area (TPSA) is 55.4 Å². The minimum Gasteiger partial charge on any atom is -0.450 e. The van der Waals surface area contributed by atoms with Crippen LogP contribution in [0.3, 0.4) is 0 Å². The average Bonchev–Trinajstić information content (AvgIpc) is 1.83. The van der Waals surface area contributed by atoms with Crippen LogP contribution in [-0.4, -0.2) is 18.9 Å². The third kappa shape index (κ3) is 3.56. The number of amides is 1. The van der Waals surface area contributed by atoms with Crippen molar-refractivity contribution in [1.82, 2.24) is 5.32 Å². The molecule has 0 radical (unpaired) electrons. The van der Waals surface area contributed by atoms with Crippen molar-refractivity contribution < 1.29 is 14.1 Å². The van der Waals surface area contributed by atoms with Gasteiger partial charge in [0.25, 0.3) is 0 Å². The highest BCUT2D eigenvalue weighted by Crippen LogP contribution is 1.82. The van der Waals surface area contributed by atoms with Gasteiger partial charge < -0.3 is 9.84 Å². The first-order valence-corrected chi connectivity index (χ1v) is 2.35. The lowest BCUT2D eigenvalue weighted by Crippen LogP contribution is -2.20.